The number of carboxylic acids is 1. The number of anilines is 1. The van der Waals surface area contributed by atoms with Gasteiger partial charge in [0.2, 0.25) is 0 Å². The summed E-state index contributed by atoms with van der Waals surface area (Å²) in [6.07, 6.45) is 0. The van der Waals surface area contributed by atoms with E-state index in [1.165, 1.54) is 28.8 Å². The summed E-state index contributed by atoms with van der Waals surface area (Å²) in [4.78, 5) is 24.5. The fourth-order valence-corrected chi connectivity index (χ4v) is 3.25. The molecule has 0 aromatic heterocycles. The second kappa shape index (κ2) is 5.88. The number of urea groups is 1. The van der Waals surface area contributed by atoms with Crippen molar-refractivity contribution < 1.29 is 19.1 Å². The minimum atomic E-state index is -1.05. The SMILES string of the molecule is CC1SCC(C(=O)O)N1C(=O)Nc1ccc(F)c(Cl)c1. The van der Waals surface area contributed by atoms with Gasteiger partial charge in [-0.05, 0) is 25.1 Å². The molecule has 8 heteroatoms. The quantitative estimate of drug-likeness (QED) is 0.879. The molecule has 0 bridgehead atoms. The molecular formula is C12H12ClFN2O3S. The molecule has 1 aromatic carbocycles. The van der Waals surface area contributed by atoms with Crippen LogP contribution in [0.3, 0.4) is 0 Å². The number of carbonyl (C=O) groups excluding carboxylic acids is 1. The van der Waals surface area contributed by atoms with Gasteiger partial charge in [0.25, 0.3) is 0 Å². The fraction of sp³-hybridized carbons (Fsp3) is 0.333. The second-order valence-electron chi connectivity index (χ2n) is 4.25. The Kier molecular flexibility index (Phi) is 4.39. The molecule has 2 N–H and O–H groups in total. The van der Waals surface area contributed by atoms with Crippen LogP contribution in [-0.4, -0.2) is 39.2 Å². The zero-order chi connectivity index (χ0) is 14.9. The topological polar surface area (TPSA) is 69.6 Å². The Labute approximate surface area is 124 Å². The van der Waals surface area contributed by atoms with Crippen molar-refractivity contribution in [1.29, 1.82) is 0 Å². The third-order valence-electron chi connectivity index (χ3n) is 2.91. The van der Waals surface area contributed by atoms with Gasteiger partial charge >= 0.3 is 12.0 Å². The summed E-state index contributed by atoms with van der Waals surface area (Å²) in [7, 11) is 0. The number of carboxylic acid groups (broad SMARTS) is 1. The van der Waals surface area contributed by atoms with Crippen LogP contribution in [0.5, 0.6) is 0 Å². The van der Waals surface area contributed by atoms with Crippen LogP contribution < -0.4 is 5.32 Å². The lowest BCUT2D eigenvalue weighted by Crippen LogP contribution is -2.46. The Hall–Kier alpha value is -1.47. The van der Waals surface area contributed by atoms with Gasteiger partial charge in [0.15, 0.2) is 0 Å². The lowest BCUT2D eigenvalue weighted by atomic mass is 10.3. The molecule has 1 fully saturated rings. The number of halogens is 2. The molecule has 20 heavy (non-hydrogen) atoms. The van der Waals surface area contributed by atoms with E-state index in [0.29, 0.717) is 11.4 Å². The first-order chi connectivity index (χ1) is 9.40. The number of hydrogen-bond donors (Lipinski definition) is 2. The van der Waals surface area contributed by atoms with Crippen molar-refractivity contribution in [3.05, 3.63) is 29.0 Å². The van der Waals surface area contributed by atoms with Gasteiger partial charge < -0.3 is 10.4 Å². The highest BCUT2D eigenvalue weighted by Crippen LogP contribution is 2.29. The molecule has 1 heterocycles. The minimum Gasteiger partial charge on any atom is -0.480 e. The fourth-order valence-electron chi connectivity index (χ4n) is 1.90. The summed E-state index contributed by atoms with van der Waals surface area (Å²) < 4.78 is 13.0. The number of carbonyl (C=O) groups is 2. The van der Waals surface area contributed by atoms with E-state index in [4.69, 9.17) is 16.7 Å². The van der Waals surface area contributed by atoms with Crippen molar-refractivity contribution in [2.45, 2.75) is 18.3 Å². The zero-order valence-electron chi connectivity index (χ0n) is 10.5. The van der Waals surface area contributed by atoms with Crippen molar-refractivity contribution in [2.75, 3.05) is 11.1 Å². The Morgan fingerprint density at radius 2 is 2.25 bits per heavy atom. The van der Waals surface area contributed by atoms with E-state index in [0.717, 1.165) is 6.07 Å². The van der Waals surface area contributed by atoms with Crippen molar-refractivity contribution >= 4 is 41.1 Å². The third kappa shape index (κ3) is 2.99. The lowest BCUT2D eigenvalue weighted by Gasteiger charge is -2.25. The highest BCUT2D eigenvalue weighted by molar-refractivity contribution is 8.00. The van der Waals surface area contributed by atoms with Gasteiger partial charge in [0.1, 0.15) is 11.9 Å². The highest BCUT2D eigenvalue weighted by atomic mass is 35.5. The summed E-state index contributed by atoms with van der Waals surface area (Å²) in [5.74, 6) is -1.29. The first-order valence-corrected chi connectivity index (χ1v) is 7.21. The normalized spacial score (nSPS) is 21.9. The molecule has 1 aliphatic rings. The van der Waals surface area contributed by atoms with Crippen LogP contribution >= 0.6 is 23.4 Å². The van der Waals surface area contributed by atoms with E-state index in [2.05, 4.69) is 5.32 Å². The first-order valence-electron chi connectivity index (χ1n) is 5.79. The van der Waals surface area contributed by atoms with Crippen LogP contribution in [-0.2, 0) is 4.79 Å². The van der Waals surface area contributed by atoms with Crippen molar-refractivity contribution in [3.8, 4) is 0 Å². The van der Waals surface area contributed by atoms with Gasteiger partial charge in [-0.3, -0.25) is 4.90 Å². The van der Waals surface area contributed by atoms with Crippen molar-refractivity contribution in [2.24, 2.45) is 0 Å². The Balaban J connectivity index is 2.14. The highest BCUT2D eigenvalue weighted by Gasteiger charge is 2.39. The Bertz CT molecular complexity index is 558. The van der Waals surface area contributed by atoms with Gasteiger partial charge in [0, 0.05) is 11.4 Å². The molecular weight excluding hydrogens is 307 g/mol. The summed E-state index contributed by atoms with van der Waals surface area (Å²) in [6.45, 7) is 1.75. The van der Waals surface area contributed by atoms with Crippen LogP contribution in [0, 0.1) is 5.82 Å². The zero-order valence-corrected chi connectivity index (χ0v) is 12.0. The predicted molar refractivity (Wildman–Crippen MR) is 75.6 cm³/mol. The van der Waals surface area contributed by atoms with Crippen LogP contribution in [0.1, 0.15) is 6.92 Å². The van der Waals surface area contributed by atoms with Crippen molar-refractivity contribution in [1.82, 2.24) is 4.90 Å². The molecule has 0 aliphatic carbocycles. The maximum atomic E-state index is 13.0. The summed E-state index contributed by atoms with van der Waals surface area (Å²) in [5, 5.41) is 11.3. The summed E-state index contributed by atoms with van der Waals surface area (Å²) in [5.41, 5.74) is 0.314. The number of nitrogens with one attached hydrogen (secondary N) is 1. The molecule has 0 saturated carbocycles. The number of aliphatic carboxylic acids is 1. The molecule has 2 unspecified atom stereocenters. The molecule has 2 amide bonds. The van der Waals surface area contributed by atoms with Crippen LogP contribution in [0.4, 0.5) is 14.9 Å². The van der Waals surface area contributed by atoms with E-state index in [-0.39, 0.29) is 10.4 Å². The predicted octanol–water partition coefficient (Wildman–Crippen LogP) is 2.86. The van der Waals surface area contributed by atoms with Gasteiger partial charge in [-0.1, -0.05) is 11.6 Å². The maximum absolute atomic E-state index is 13.0. The van der Waals surface area contributed by atoms with Crippen molar-refractivity contribution in [3.63, 3.8) is 0 Å². The Morgan fingerprint density at radius 1 is 1.55 bits per heavy atom. The van der Waals surface area contributed by atoms with E-state index >= 15 is 0 Å². The Morgan fingerprint density at radius 3 is 2.85 bits per heavy atom. The largest absolute Gasteiger partial charge is 0.480 e. The van der Waals surface area contributed by atoms with Gasteiger partial charge in [0.05, 0.1) is 10.4 Å². The van der Waals surface area contributed by atoms with Gasteiger partial charge in [-0.15, -0.1) is 11.8 Å². The van der Waals surface area contributed by atoms with E-state index in [1.54, 1.807) is 6.92 Å². The number of amides is 2. The number of rotatable bonds is 2. The number of thioether (sulfide) groups is 1. The standard InChI is InChI=1S/C12H12ClFN2O3S/c1-6-16(10(5-20-6)11(17)18)12(19)15-7-2-3-9(14)8(13)4-7/h2-4,6,10H,5H2,1H3,(H,15,19)(H,17,18). The van der Waals surface area contributed by atoms with Crippen LogP contribution in [0.25, 0.3) is 0 Å². The molecule has 2 atom stereocenters. The molecule has 1 saturated heterocycles. The maximum Gasteiger partial charge on any atom is 0.327 e. The number of hydrogen-bond acceptors (Lipinski definition) is 3. The minimum absolute atomic E-state index is 0.110. The average molecular weight is 319 g/mol. The number of nitrogens with zero attached hydrogens (tertiary/aromatic N) is 1. The van der Waals surface area contributed by atoms with E-state index in [9.17, 15) is 14.0 Å². The average Bonchev–Trinajstić information content (AvgIpc) is 2.76. The lowest BCUT2D eigenvalue weighted by molar-refractivity contribution is -0.141. The molecule has 0 radical (unpaired) electrons. The second-order valence-corrected chi connectivity index (χ2v) is 6.01. The summed E-state index contributed by atoms with van der Waals surface area (Å²) >= 11 is 7.01. The summed E-state index contributed by atoms with van der Waals surface area (Å²) in [6, 6.07) is 2.36. The van der Waals surface area contributed by atoms with E-state index < -0.39 is 23.9 Å². The molecule has 5 nitrogen and oxygen atoms in total. The molecule has 1 aliphatic heterocycles. The molecule has 2 rings (SSSR count). The van der Waals surface area contributed by atoms with Gasteiger partial charge in [-0.2, -0.15) is 0 Å². The third-order valence-corrected chi connectivity index (χ3v) is 4.42. The molecule has 1 aromatic rings. The monoisotopic (exact) mass is 318 g/mol. The van der Waals surface area contributed by atoms with Crippen LogP contribution in [0.15, 0.2) is 18.2 Å². The first kappa shape index (κ1) is 14.9. The van der Waals surface area contributed by atoms with Crippen LogP contribution in [0.2, 0.25) is 5.02 Å². The van der Waals surface area contributed by atoms with Gasteiger partial charge in [-0.25, -0.2) is 14.0 Å². The molecule has 0 spiro atoms. The van der Waals surface area contributed by atoms with E-state index in [1.807, 2.05) is 0 Å². The smallest absolute Gasteiger partial charge is 0.327 e. The number of benzene rings is 1. The molecule has 108 valence electrons.